The van der Waals surface area contributed by atoms with E-state index in [0.29, 0.717) is 44.0 Å². The second-order valence-corrected chi connectivity index (χ2v) is 20.0. The Hall–Kier alpha value is -8.31. The fraction of sp³-hybridized carbons (Fsp3) is 0.233. The van der Waals surface area contributed by atoms with E-state index in [-0.39, 0.29) is 44.3 Å². The van der Waals surface area contributed by atoms with Gasteiger partial charge in [-0.05, 0) is 165 Å². The maximum atomic E-state index is 11.3. The molecule has 0 saturated heterocycles. The molecule has 2 N–H and O–H groups in total. The first-order valence-electron chi connectivity index (χ1n) is 28.2. The van der Waals surface area contributed by atoms with Crippen molar-refractivity contribution in [2.24, 2.45) is 0 Å². The van der Waals surface area contributed by atoms with E-state index in [9.17, 15) is 9.59 Å². The predicted molar refractivity (Wildman–Crippen MR) is 337 cm³/mol. The number of hydrogen-bond acceptors (Lipinski definition) is 10. The van der Waals surface area contributed by atoms with Gasteiger partial charge in [-0.1, -0.05) is 122 Å². The molecule has 2 unspecified atom stereocenters. The standard InChI is InChI=1S/2C34H32NO3.C5H12O2.Ir/c2*1-26(2)34(36)38-24-8-4-7-23-37-32-19-15-28(16-20-32)12-11-27-13-17-29(18-14-27)31-21-22-35-33(25-31)30-9-5-3-6-10-30;1-4(6)3-5(2)7;/h2*3,5-6,9,11-22,25H,1,4,7-8,23-24H2,2H3;4-7H,3H2,1-2H3;/q2*-1;;/b2*12-11+;;. The number of esters is 2. The molecule has 8 rings (SSSR count). The van der Waals surface area contributed by atoms with E-state index >= 15 is 0 Å². The van der Waals surface area contributed by atoms with Crippen LogP contribution >= 0.6 is 0 Å². The zero-order valence-electron chi connectivity index (χ0n) is 48.5. The van der Waals surface area contributed by atoms with Crippen LogP contribution in [0.3, 0.4) is 0 Å². The molecule has 0 fully saturated rings. The maximum Gasteiger partial charge on any atom is 0.333 e. The number of nitrogens with zero attached hydrogens (tertiary/aromatic N) is 2. The van der Waals surface area contributed by atoms with Gasteiger partial charge < -0.3 is 39.1 Å². The molecule has 0 bridgehead atoms. The molecule has 2 heterocycles. The summed E-state index contributed by atoms with van der Waals surface area (Å²) < 4.78 is 21.8. The second kappa shape index (κ2) is 37.0. The first-order valence-corrected chi connectivity index (χ1v) is 28.2. The molecule has 0 aliphatic rings. The zero-order chi connectivity index (χ0) is 59.0. The number of benzene rings is 6. The van der Waals surface area contributed by atoms with Crippen LogP contribution in [0.25, 0.3) is 69.1 Å². The molecular weight excluding hydrogens is 1230 g/mol. The van der Waals surface area contributed by atoms with Gasteiger partial charge in [0.25, 0.3) is 0 Å². The van der Waals surface area contributed by atoms with Crippen LogP contribution in [-0.4, -0.2) is 70.8 Å². The van der Waals surface area contributed by atoms with Gasteiger partial charge in [0.05, 0.1) is 38.6 Å². The van der Waals surface area contributed by atoms with Crippen molar-refractivity contribution in [2.75, 3.05) is 26.4 Å². The first kappa shape index (κ1) is 66.5. The SMILES string of the molecule is C=C(C)C(=O)OCCCCCOc1ccc(/C=C/c2ccc(-c3ccnc(-c4[c-]cccc4)c3)cc2)cc1.C=C(C)C(=O)OCCCCCOc1ccc(/C=C/c2ccc(-c3ccnc(-c4[c-]cccc4)c3)cc2)cc1.CC(O)CC(C)O.[Ir]. The Balaban J connectivity index is 0.000000273. The molecule has 2 atom stereocenters. The summed E-state index contributed by atoms with van der Waals surface area (Å²) in [5.74, 6) is 1.05. The summed E-state index contributed by atoms with van der Waals surface area (Å²) in [7, 11) is 0. The largest absolute Gasteiger partial charge is 0.494 e. The fourth-order valence-electron chi connectivity index (χ4n) is 8.14. The minimum Gasteiger partial charge on any atom is -0.494 e. The van der Waals surface area contributed by atoms with E-state index in [0.717, 1.165) is 117 Å². The van der Waals surface area contributed by atoms with Crippen molar-refractivity contribution in [3.63, 3.8) is 0 Å². The van der Waals surface area contributed by atoms with Crippen molar-refractivity contribution in [1.82, 2.24) is 9.97 Å². The molecule has 2 aromatic heterocycles. The third-order valence-corrected chi connectivity index (χ3v) is 12.6. The van der Waals surface area contributed by atoms with Gasteiger partial charge in [0.1, 0.15) is 11.5 Å². The number of pyridine rings is 2. The number of aliphatic hydroxyl groups is 2. The predicted octanol–water partition coefficient (Wildman–Crippen LogP) is 16.2. The van der Waals surface area contributed by atoms with Gasteiger partial charge in [0, 0.05) is 43.6 Å². The topological polar surface area (TPSA) is 137 Å². The van der Waals surface area contributed by atoms with E-state index in [1.807, 2.05) is 97.3 Å². The van der Waals surface area contributed by atoms with Gasteiger partial charge >= 0.3 is 11.9 Å². The minimum absolute atomic E-state index is 0. The Labute approximate surface area is 510 Å². The second-order valence-electron chi connectivity index (χ2n) is 20.0. The minimum atomic E-state index is -0.375. The van der Waals surface area contributed by atoms with Crippen LogP contribution in [0, 0.1) is 12.1 Å². The summed E-state index contributed by atoms with van der Waals surface area (Å²) >= 11 is 0. The fourth-order valence-corrected chi connectivity index (χ4v) is 8.14. The molecule has 0 spiro atoms. The Bertz CT molecular complexity index is 3070. The Morgan fingerprint density at radius 1 is 0.476 bits per heavy atom. The number of ether oxygens (including phenoxy) is 4. The first-order chi connectivity index (χ1) is 40.3. The quantitative estimate of drug-likeness (QED) is 0.0177. The molecule has 10 nitrogen and oxygen atoms in total. The number of aromatic nitrogens is 2. The van der Waals surface area contributed by atoms with Crippen molar-refractivity contribution >= 4 is 36.2 Å². The summed E-state index contributed by atoms with van der Waals surface area (Å²) in [6.45, 7) is 15.9. The van der Waals surface area contributed by atoms with E-state index in [4.69, 9.17) is 29.2 Å². The molecule has 0 aliphatic carbocycles. The summed E-state index contributed by atoms with van der Waals surface area (Å²) in [4.78, 5) is 31.7. The van der Waals surface area contributed by atoms with Gasteiger partial charge in [-0.2, -0.15) is 0 Å². The van der Waals surface area contributed by atoms with E-state index in [2.05, 4.69) is 144 Å². The van der Waals surface area contributed by atoms with E-state index in [1.54, 1.807) is 27.7 Å². The average molecular weight is 1300 g/mol. The third kappa shape index (κ3) is 24.6. The molecule has 0 amide bonds. The van der Waals surface area contributed by atoms with Crippen LogP contribution in [0.4, 0.5) is 0 Å². The molecule has 84 heavy (non-hydrogen) atoms. The van der Waals surface area contributed by atoms with Crippen molar-refractivity contribution < 1.29 is 58.9 Å². The maximum absolute atomic E-state index is 11.3. The van der Waals surface area contributed by atoms with Crippen LogP contribution < -0.4 is 9.47 Å². The molecule has 437 valence electrons. The average Bonchev–Trinajstić information content (AvgIpc) is 3.68. The van der Waals surface area contributed by atoms with Crippen molar-refractivity contribution in [1.29, 1.82) is 0 Å². The number of carbonyl (C=O) groups excluding carboxylic acids is 2. The summed E-state index contributed by atoms with van der Waals surface area (Å²) in [5, 5.41) is 17.1. The molecule has 0 saturated carbocycles. The van der Waals surface area contributed by atoms with E-state index < -0.39 is 0 Å². The molecule has 1 radical (unpaired) electrons. The number of rotatable bonds is 26. The van der Waals surface area contributed by atoms with Gasteiger partial charge in [0.15, 0.2) is 0 Å². The Kier molecular flexibility index (Phi) is 29.3. The van der Waals surface area contributed by atoms with Crippen LogP contribution in [-0.2, 0) is 39.2 Å². The van der Waals surface area contributed by atoms with Gasteiger partial charge in [-0.25, -0.2) is 9.59 Å². The molecular formula is C73H76IrN2O8-2. The number of carbonyl (C=O) groups is 2. The molecule has 11 heteroatoms. The number of unbranched alkanes of at least 4 members (excludes halogenated alkanes) is 4. The van der Waals surface area contributed by atoms with Crippen LogP contribution in [0.15, 0.2) is 207 Å². The summed E-state index contributed by atoms with van der Waals surface area (Å²) in [6.07, 6.45) is 17.2. The van der Waals surface area contributed by atoms with Crippen molar-refractivity contribution in [2.45, 2.75) is 84.8 Å². The van der Waals surface area contributed by atoms with Crippen LogP contribution in [0.1, 0.15) is 94.9 Å². The summed E-state index contributed by atoms with van der Waals surface area (Å²) in [5.41, 5.74) is 13.7. The zero-order valence-corrected chi connectivity index (χ0v) is 50.9. The van der Waals surface area contributed by atoms with Crippen LogP contribution in [0.5, 0.6) is 11.5 Å². The number of hydrogen-bond donors (Lipinski definition) is 2. The monoisotopic (exact) mass is 1300 g/mol. The molecule has 6 aromatic carbocycles. The van der Waals surface area contributed by atoms with Crippen molar-refractivity contribution in [3.05, 3.63) is 241 Å². The Morgan fingerprint density at radius 2 is 0.821 bits per heavy atom. The smallest absolute Gasteiger partial charge is 0.333 e. The summed E-state index contributed by atoms with van der Waals surface area (Å²) in [6, 6.07) is 63.7. The number of aliphatic hydroxyl groups excluding tert-OH is 2. The molecule has 0 aliphatic heterocycles. The third-order valence-electron chi connectivity index (χ3n) is 12.6. The van der Waals surface area contributed by atoms with Crippen LogP contribution in [0.2, 0.25) is 0 Å². The molecule has 8 aromatic rings. The van der Waals surface area contributed by atoms with Crippen molar-refractivity contribution in [3.8, 4) is 56.3 Å². The van der Waals surface area contributed by atoms with Gasteiger partial charge in [0.2, 0.25) is 0 Å². The Morgan fingerprint density at radius 3 is 1.13 bits per heavy atom. The van der Waals surface area contributed by atoms with Gasteiger partial charge in [-0.3, -0.25) is 0 Å². The normalized spacial score (nSPS) is 11.4. The van der Waals surface area contributed by atoms with Gasteiger partial charge in [-0.15, -0.1) is 71.8 Å². The van der Waals surface area contributed by atoms with E-state index in [1.165, 1.54) is 0 Å².